The molecule has 4 nitrogen and oxygen atoms in total. The van der Waals surface area contributed by atoms with Gasteiger partial charge in [-0.15, -0.1) is 0 Å². The molecule has 5 heteroatoms. The first-order valence-electron chi connectivity index (χ1n) is 6.01. The third-order valence-electron chi connectivity index (χ3n) is 3.09. The number of carbonyl (C=O) groups is 1. The molecule has 1 aromatic carbocycles. The Morgan fingerprint density at radius 2 is 2.10 bits per heavy atom. The van der Waals surface area contributed by atoms with Crippen molar-refractivity contribution in [2.45, 2.75) is 0 Å². The van der Waals surface area contributed by atoms with Gasteiger partial charge in [0.1, 0.15) is 17.3 Å². The Labute approximate surface area is 124 Å². The van der Waals surface area contributed by atoms with Crippen molar-refractivity contribution in [2.24, 2.45) is 0 Å². The van der Waals surface area contributed by atoms with Gasteiger partial charge in [-0.25, -0.2) is 4.98 Å². The molecule has 3 rings (SSSR count). The third-order valence-corrected chi connectivity index (χ3v) is 3.59. The Hall–Kier alpha value is -2.14. The van der Waals surface area contributed by atoms with E-state index in [2.05, 4.69) is 20.9 Å². The highest BCUT2D eigenvalue weighted by atomic mass is 79.9. The molecule has 0 unspecified atom stereocenters. The highest BCUT2D eigenvalue weighted by molar-refractivity contribution is 9.10. The fourth-order valence-corrected chi connectivity index (χ4v) is 2.52. The van der Waals surface area contributed by atoms with E-state index in [1.165, 1.54) is 0 Å². The van der Waals surface area contributed by atoms with E-state index in [1.807, 2.05) is 47.0 Å². The zero-order chi connectivity index (χ0) is 14.1. The molecule has 3 aromatic rings. The lowest BCUT2D eigenvalue weighted by Gasteiger charge is -2.07. The number of halogens is 1. The van der Waals surface area contributed by atoms with Crippen molar-refractivity contribution >= 4 is 27.7 Å². The lowest BCUT2D eigenvalue weighted by molar-refractivity contribution is 0.112. The van der Waals surface area contributed by atoms with Crippen LogP contribution in [0.4, 0.5) is 0 Å². The summed E-state index contributed by atoms with van der Waals surface area (Å²) in [5.41, 5.74) is 2.02. The van der Waals surface area contributed by atoms with Crippen LogP contribution in [0.5, 0.6) is 5.75 Å². The van der Waals surface area contributed by atoms with E-state index in [9.17, 15) is 4.79 Å². The second-order valence-corrected chi connectivity index (χ2v) is 5.15. The molecule has 0 saturated heterocycles. The minimum atomic E-state index is 0.409. The van der Waals surface area contributed by atoms with E-state index in [0.717, 1.165) is 27.6 Å². The van der Waals surface area contributed by atoms with Crippen molar-refractivity contribution in [3.63, 3.8) is 0 Å². The lowest BCUT2D eigenvalue weighted by atomic mass is 10.2. The average molecular weight is 331 g/mol. The molecule has 0 spiro atoms. The third kappa shape index (κ3) is 2.00. The van der Waals surface area contributed by atoms with Crippen LogP contribution in [0.3, 0.4) is 0 Å². The molecule has 0 N–H and O–H groups in total. The molecular weight excluding hydrogens is 320 g/mol. The van der Waals surface area contributed by atoms with Crippen LogP contribution < -0.4 is 4.74 Å². The Kier molecular flexibility index (Phi) is 3.28. The summed E-state index contributed by atoms with van der Waals surface area (Å²) in [5.74, 6) is 1.41. The molecule has 0 radical (unpaired) electrons. The van der Waals surface area contributed by atoms with E-state index in [4.69, 9.17) is 4.74 Å². The molecule has 0 atom stereocenters. The Morgan fingerprint density at radius 3 is 2.85 bits per heavy atom. The van der Waals surface area contributed by atoms with E-state index in [1.54, 1.807) is 7.11 Å². The number of benzene rings is 1. The molecule has 0 bridgehead atoms. The van der Waals surface area contributed by atoms with E-state index in [-0.39, 0.29) is 0 Å². The van der Waals surface area contributed by atoms with Gasteiger partial charge in [0.25, 0.3) is 0 Å². The lowest BCUT2D eigenvalue weighted by Crippen LogP contribution is -1.92. The molecule has 0 aliphatic heterocycles. The first kappa shape index (κ1) is 12.9. The molecule has 0 aliphatic carbocycles. The number of hydrogen-bond donors (Lipinski definition) is 0. The van der Waals surface area contributed by atoms with Crippen molar-refractivity contribution in [3.8, 4) is 17.1 Å². The number of aldehydes is 1. The molecule has 0 fully saturated rings. The molecule has 0 saturated carbocycles. The smallest absolute Gasteiger partial charge is 0.170 e. The first-order chi connectivity index (χ1) is 9.74. The molecule has 2 aromatic heterocycles. The minimum Gasteiger partial charge on any atom is -0.496 e. The highest BCUT2D eigenvalue weighted by Crippen LogP contribution is 2.30. The van der Waals surface area contributed by atoms with Crippen LogP contribution in [0, 0.1) is 0 Å². The van der Waals surface area contributed by atoms with Gasteiger partial charge >= 0.3 is 0 Å². The Bertz CT molecular complexity index is 796. The van der Waals surface area contributed by atoms with Crippen molar-refractivity contribution in [1.82, 2.24) is 9.38 Å². The zero-order valence-electron chi connectivity index (χ0n) is 10.7. The number of hydrogen-bond acceptors (Lipinski definition) is 3. The van der Waals surface area contributed by atoms with E-state index in [0.29, 0.717) is 11.5 Å². The van der Waals surface area contributed by atoms with Crippen LogP contribution in [-0.4, -0.2) is 22.8 Å². The quantitative estimate of drug-likeness (QED) is 0.689. The van der Waals surface area contributed by atoms with Gasteiger partial charge in [-0.1, -0.05) is 28.1 Å². The molecule has 0 aliphatic rings. The van der Waals surface area contributed by atoms with Crippen LogP contribution in [0.1, 0.15) is 10.5 Å². The second kappa shape index (κ2) is 5.09. The summed E-state index contributed by atoms with van der Waals surface area (Å²) in [6.45, 7) is 0. The van der Waals surface area contributed by atoms with Gasteiger partial charge < -0.3 is 4.74 Å². The van der Waals surface area contributed by atoms with Crippen molar-refractivity contribution in [1.29, 1.82) is 0 Å². The maximum Gasteiger partial charge on any atom is 0.170 e. The summed E-state index contributed by atoms with van der Waals surface area (Å²) in [4.78, 5) is 15.6. The number of nitrogens with zero attached hydrogens (tertiary/aromatic N) is 2. The summed E-state index contributed by atoms with van der Waals surface area (Å²) in [5, 5.41) is 0. The molecular formula is C15H11BrN2O2. The van der Waals surface area contributed by atoms with Gasteiger partial charge in [-0.3, -0.25) is 9.20 Å². The fourth-order valence-electron chi connectivity index (χ4n) is 2.19. The Morgan fingerprint density at radius 1 is 1.30 bits per heavy atom. The summed E-state index contributed by atoms with van der Waals surface area (Å²) in [7, 11) is 1.62. The van der Waals surface area contributed by atoms with Gasteiger partial charge in [-0.05, 0) is 24.3 Å². The molecule has 2 heterocycles. The average Bonchev–Trinajstić information content (AvgIpc) is 2.84. The zero-order valence-corrected chi connectivity index (χ0v) is 12.3. The summed E-state index contributed by atoms with van der Waals surface area (Å²) in [6.07, 6.45) is 2.64. The predicted molar refractivity (Wildman–Crippen MR) is 80.3 cm³/mol. The highest BCUT2D eigenvalue weighted by Gasteiger charge is 2.15. The SMILES string of the molecule is COc1ccccc1-c1nc(C=O)c2cc(Br)ccn12. The number of rotatable bonds is 3. The number of para-hydroxylation sites is 1. The van der Waals surface area contributed by atoms with Crippen LogP contribution in [-0.2, 0) is 0 Å². The van der Waals surface area contributed by atoms with Gasteiger partial charge in [0.15, 0.2) is 6.29 Å². The number of carbonyl (C=O) groups excluding carboxylic acids is 1. The summed E-state index contributed by atoms with van der Waals surface area (Å²) < 4.78 is 8.15. The second-order valence-electron chi connectivity index (χ2n) is 4.24. The summed E-state index contributed by atoms with van der Waals surface area (Å²) >= 11 is 3.41. The maximum absolute atomic E-state index is 11.2. The van der Waals surface area contributed by atoms with Crippen LogP contribution in [0.25, 0.3) is 16.9 Å². The van der Waals surface area contributed by atoms with Crippen LogP contribution in [0.2, 0.25) is 0 Å². The number of ether oxygens (including phenoxy) is 1. The normalized spacial score (nSPS) is 10.7. The van der Waals surface area contributed by atoms with Gasteiger partial charge in [-0.2, -0.15) is 0 Å². The van der Waals surface area contributed by atoms with Crippen molar-refractivity contribution < 1.29 is 9.53 Å². The number of imidazole rings is 1. The maximum atomic E-state index is 11.2. The van der Waals surface area contributed by atoms with Gasteiger partial charge in [0.05, 0.1) is 18.2 Å². The monoisotopic (exact) mass is 330 g/mol. The van der Waals surface area contributed by atoms with Crippen molar-refractivity contribution in [2.75, 3.05) is 7.11 Å². The first-order valence-corrected chi connectivity index (χ1v) is 6.80. The molecule has 100 valence electrons. The Balaban J connectivity index is 2.34. The van der Waals surface area contributed by atoms with Gasteiger partial charge in [0, 0.05) is 10.7 Å². The largest absolute Gasteiger partial charge is 0.496 e. The predicted octanol–water partition coefficient (Wildman–Crippen LogP) is 3.58. The number of pyridine rings is 1. The van der Waals surface area contributed by atoms with E-state index >= 15 is 0 Å². The fraction of sp³-hybridized carbons (Fsp3) is 0.0667. The number of fused-ring (bicyclic) bond motifs is 1. The van der Waals surface area contributed by atoms with Gasteiger partial charge in [0.2, 0.25) is 0 Å². The molecule has 20 heavy (non-hydrogen) atoms. The van der Waals surface area contributed by atoms with Crippen LogP contribution in [0.15, 0.2) is 47.1 Å². The number of aromatic nitrogens is 2. The molecule has 0 amide bonds. The minimum absolute atomic E-state index is 0.409. The van der Waals surface area contributed by atoms with Crippen LogP contribution >= 0.6 is 15.9 Å². The summed E-state index contributed by atoms with van der Waals surface area (Å²) in [6, 6.07) is 11.4. The van der Waals surface area contributed by atoms with Crippen molar-refractivity contribution in [3.05, 3.63) is 52.8 Å². The topological polar surface area (TPSA) is 43.6 Å². The number of methoxy groups -OCH3 is 1. The van der Waals surface area contributed by atoms with E-state index < -0.39 is 0 Å². The standard InChI is InChI=1S/C15H11BrN2O2/c1-20-14-5-3-2-4-11(14)15-17-12(9-19)13-8-10(16)6-7-18(13)15/h2-9H,1H3.